The third kappa shape index (κ3) is 2.74. The van der Waals surface area contributed by atoms with E-state index >= 15 is 0 Å². The number of benzene rings is 1. The van der Waals surface area contributed by atoms with E-state index in [1.54, 1.807) is 24.0 Å². The van der Waals surface area contributed by atoms with Crippen LogP contribution in [0.25, 0.3) is 21.3 Å². The van der Waals surface area contributed by atoms with E-state index in [1.807, 2.05) is 29.8 Å². The highest BCUT2D eigenvalue weighted by Gasteiger charge is 2.12. The number of thiophene rings is 1. The molecule has 3 heterocycles. The van der Waals surface area contributed by atoms with Gasteiger partial charge < -0.3 is 9.88 Å². The van der Waals surface area contributed by atoms with Gasteiger partial charge in [-0.3, -0.25) is 0 Å². The fraction of sp³-hybridized carbons (Fsp3) is 0.176. The van der Waals surface area contributed by atoms with Crippen molar-refractivity contribution in [2.24, 2.45) is 7.05 Å². The maximum atomic E-state index is 4.45. The average molecular weight is 336 g/mol. The third-order valence-electron chi connectivity index (χ3n) is 3.90. The monoisotopic (exact) mass is 336 g/mol. The van der Waals surface area contributed by atoms with Gasteiger partial charge in [-0.15, -0.1) is 21.5 Å². The number of hydrogen-bond donors (Lipinski definition) is 1. The molecule has 0 aliphatic heterocycles. The fourth-order valence-corrected chi connectivity index (χ4v) is 3.58. The first-order valence-corrected chi connectivity index (χ1v) is 8.55. The van der Waals surface area contributed by atoms with Crippen LogP contribution in [0.2, 0.25) is 0 Å². The number of aromatic nitrogens is 5. The van der Waals surface area contributed by atoms with E-state index in [9.17, 15) is 0 Å². The highest BCUT2D eigenvalue weighted by molar-refractivity contribution is 7.17. The van der Waals surface area contributed by atoms with Crippen molar-refractivity contribution < 1.29 is 0 Å². The SMILES string of the molecule is Cn1cnnc1CCNc1ncnc2scc(-c3ccccc3)c12. The smallest absolute Gasteiger partial charge is 0.138 e. The average Bonchev–Trinajstić information content (AvgIpc) is 3.23. The van der Waals surface area contributed by atoms with E-state index < -0.39 is 0 Å². The van der Waals surface area contributed by atoms with Crippen molar-refractivity contribution >= 4 is 27.4 Å². The van der Waals surface area contributed by atoms with Crippen LogP contribution < -0.4 is 5.32 Å². The molecule has 0 saturated carbocycles. The molecular weight excluding hydrogens is 320 g/mol. The summed E-state index contributed by atoms with van der Waals surface area (Å²) in [4.78, 5) is 9.84. The van der Waals surface area contributed by atoms with Gasteiger partial charge in [-0.2, -0.15) is 0 Å². The predicted octanol–water partition coefficient (Wildman–Crippen LogP) is 3.14. The minimum atomic E-state index is 0.739. The summed E-state index contributed by atoms with van der Waals surface area (Å²) in [7, 11) is 1.95. The van der Waals surface area contributed by atoms with E-state index in [0.717, 1.165) is 40.4 Å². The van der Waals surface area contributed by atoms with Crippen molar-refractivity contribution in [1.29, 1.82) is 0 Å². The molecule has 1 N–H and O–H groups in total. The number of fused-ring (bicyclic) bond motifs is 1. The second-order valence-electron chi connectivity index (χ2n) is 5.45. The molecule has 0 atom stereocenters. The van der Waals surface area contributed by atoms with Gasteiger partial charge >= 0.3 is 0 Å². The quantitative estimate of drug-likeness (QED) is 0.606. The molecule has 6 nitrogen and oxygen atoms in total. The molecule has 0 aliphatic carbocycles. The summed E-state index contributed by atoms with van der Waals surface area (Å²) in [5, 5.41) is 14.7. The molecule has 0 radical (unpaired) electrons. The summed E-state index contributed by atoms with van der Waals surface area (Å²) in [6.07, 6.45) is 4.11. The summed E-state index contributed by atoms with van der Waals surface area (Å²) in [5.74, 6) is 1.81. The Bertz CT molecular complexity index is 960. The van der Waals surface area contributed by atoms with Crippen LogP contribution in [0, 0.1) is 0 Å². The largest absolute Gasteiger partial charge is 0.369 e. The summed E-state index contributed by atoms with van der Waals surface area (Å²) in [5.41, 5.74) is 2.34. The lowest BCUT2D eigenvalue weighted by atomic mass is 10.1. The topological polar surface area (TPSA) is 68.5 Å². The Hall–Kier alpha value is -2.80. The first kappa shape index (κ1) is 14.8. The first-order valence-electron chi connectivity index (χ1n) is 7.67. The summed E-state index contributed by atoms with van der Waals surface area (Å²) >= 11 is 1.64. The van der Waals surface area contributed by atoms with Crippen LogP contribution in [0.1, 0.15) is 5.82 Å². The second kappa shape index (κ2) is 6.37. The van der Waals surface area contributed by atoms with E-state index in [4.69, 9.17) is 0 Å². The molecule has 0 unspecified atom stereocenters. The van der Waals surface area contributed by atoms with Gasteiger partial charge in [0, 0.05) is 31.0 Å². The van der Waals surface area contributed by atoms with Gasteiger partial charge in [-0.05, 0) is 5.56 Å². The van der Waals surface area contributed by atoms with Crippen molar-refractivity contribution in [2.45, 2.75) is 6.42 Å². The van der Waals surface area contributed by atoms with Crippen LogP contribution >= 0.6 is 11.3 Å². The molecule has 24 heavy (non-hydrogen) atoms. The standard InChI is InChI=1S/C17H16N6S/c1-23-11-21-22-14(23)7-8-18-16-15-13(12-5-3-2-4-6-12)9-24-17(15)20-10-19-16/h2-6,9-11H,7-8H2,1H3,(H,18,19,20). The zero-order valence-corrected chi connectivity index (χ0v) is 14.0. The fourth-order valence-electron chi connectivity index (χ4n) is 2.67. The van der Waals surface area contributed by atoms with E-state index in [1.165, 1.54) is 5.56 Å². The first-order chi connectivity index (χ1) is 11.8. The molecule has 0 spiro atoms. The minimum Gasteiger partial charge on any atom is -0.369 e. The van der Waals surface area contributed by atoms with Gasteiger partial charge in [-0.1, -0.05) is 30.3 Å². The molecule has 1 aromatic carbocycles. The summed E-state index contributed by atoms with van der Waals surface area (Å²) in [6.45, 7) is 0.739. The van der Waals surface area contributed by atoms with Crippen LogP contribution in [-0.4, -0.2) is 31.3 Å². The van der Waals surface area contributed by atoms with Crippen LogP contribution in [0.3, 0.4) is 0 Å². The zero-order valence-electron chi connectivity index (χ0n) is 13.2. The number of nitrogens with zero attached hydrogens (tertiary/aromatic N) is 5. The van der Waals surface area contributed by atoms with E-state index in [2.05, 4.69) is 43.0 Å². The molecule has 7 heteroatoms. The Kier molecular flexibility index (Phi) is 3.92. The summed E-state index contributed by atoms with van der Waals surface area (Å²) < 4.78 is 1.93. The third-order valence-corrected chi connectivity index (χ3v) is 4.79. The molecular formula is C17H16N6S. The van der Waals surface area contributed by atoms with Crippen molar-refractivity contribution in [3.63, 3.8) is 0 Å². The Morgan fingerprint density at radius 3 is 2.83 bits per heavy atom. The highest BCUT2D eigenvalue weighted by atomic mass is 32.1. The molecule has 0 aliphatic rings. The lowest BCUT2D eigenvalue weighted by Crippen LogP contribution is -2.10. The van der Waals surface area contributed by atoms with Gasteiger partial charge in [0.1, 0.15) is 29.1 Å². The number of nitrogens with one attached hydrogen (secondary N) is 1. The number of hydrogen-bond acceptors (Lipinski definition) is 6. The van der Waals surface area contributed by atoms with Crippen molar-refractivity contribution in [3.8, 4) is 11.1 Å². The van der Waals surface area contributed by atoms with Gasteiger partial charge in [0.05, 0.1) is 5.39 Å². The Morgan fingerprint density at radius 1 is 1.17 bits per heavy atom. The number of aryl methyl sites for hydroxylation is 1. The molecule has 4 rings (SSSR count). The number of rotatable bonds is 5. The second-order valence-corrected chi connectivity index (χ2v) is 6.31. The zero-order chi connectivity index (χ0) is 16.4. The van der Waals surface area contributed by atoms with Crippen LogP contribution in [0.15, 0.2) is 48.4 Å². The van der Waals surface area contributed by atoms with Crippen molar-refractivity contribution in [3.05, 3.63) is 54.2 Å². The van der Waals surface area contributed by atoms with Crippen molar-refractivity contribution in [1.82, 2.24) is 24.7 Å². The highest BCUT2D eigenvalue weighted by Crippen LogP contribution is 2.36. The molecule has 0 fully saturated rings. The normalized spacial score (nSPS) is 11.0. The maximum absolute atomic E-state index is 4.45. The van der Waals surface area contributed by atoms with E-state index in [0.29, 0.717) is 0 Å². The van der Waals surface area contributed by atoms with Crippen LogP contribution in [0.4, 0.5) is 5.82 Å². The van der Waals surface area contributed by atoms with E-state index in [-0.39, 0.29) is 0 Å². The Morgan fingerprint density at radius 2 is 2.04 bits per heavy atom. The predicted molar refractivity (Wildman–Crippen MR) is 96.0 cm³/mol. The minimum absolute atomic E-state index is 0.739. The Balaban J connectivity index is 1.63. The molecule has 4 aromatic rings. The van der Waals surface area contributed by atoms with Gasteiger partial charge in [-0.25, -0.2) is 9.97 Å². The number of anilines is 1. The lowest BCUT2D eigenvalue weighted by molar-refractivity contribution is 0.787. The summed E-state index contributed by atoms with van der Waals surface area (Å²) in [6, 6.07) is 10.3. The van der Waals surface area contributed by atoms with Gasteiger partial charge in [0.2, 0.25) is 0 Å². The van der Waals surface area contributed by atoms with Crippen molar-refractivity contribution in [2.75, 3.05) is 11.9 Å². The Labute approximate surface area is 143 Å². The van der Waals surface area contributed by atoms with Crippen LogP contribution in [0.5, 0.6) is 0 Å². The van der Waals surface area contributed by atoms with Gasteiger partial charge in [0.15, 0.2) is 0 Å². The molecule has 0 saturated heterocycles. The maximum Gasteiger partial charge on any atom is 0.138 e. The van der Waals surface area contributed by atoms with Crippen LogP contribution in [-0.2, 0) is 13.5 Å². The van der Waals surface area contributed by atoms with Gasteiger partial charge in [0.25, 0.3) is 0 Å². The molecule has 3 aromatic heterocycles. The molecule has 0 amide bonds. The lowest BCUT2D eigenvalue weighted by Gasteiger charge is -2.08. The molecule has 120 valence electrons. The molecule has 0 bridgehead atoms.